The summed E-state index contributed by atoms with van der Waals surface area (Å²) in [5.74, 6) is 0.0205. The normalized spacial score (nSPS) is 11.6. The van der Waals surface area contributed by atoms with Gasteiger partial charge in [0.2, 0.25) is 0 Å². The van der Waals surface area contributed by atoms with Crippen LogP contribution >= 0.6 is 0 Å². The average Bonchev–Trinajstić information content (AvgIpc) is 2.94. The number of nitrogens with one attached hydrogen (secondary N) is 2. The first kappa shape index (κ1) is 35.1. The Bertz CT molecular complexity index is 1340. The van der Waals surface area contributed by atoms with E-state index in [0.29, 0.717) is 24.2 Å². The third-order valence-corrected chi connectivity index (χ3v) is 6.06. The first-order valence-corrected chi connectivity index (χ1v) is 14.4. The minimum Gasteiger partial charge on any atom is -0.872 e. The molecule has 0 spiro atoms. The molecule has 0 saturated carbocycles. The number of rotatable bonds is 13. The van der Waals surface area contributed by atoms with Crippen molar-refractivity contribution in [3.05, 3.63) is 83.9 Å². The minimum atomic E-state index is -4.94. The van der Waals surface area contributed by atoms with Gasteiger partial charge in [-0.1, -0.05) is 84.3 Å². The summed E-state index contributed by atoms with van der Waals surface area (Å²) in [6.45, 7) is 4.90. The number of halogens is 1. The molecule has 0 fully saturated rings. The predicted molar refractivity (Wildman–Crippen MR) is 147 cm³/mol. The Hall–Kier alpha value is -3.09. The van der Waals surface area contributed by atoms with E-state index in [2.05, 4.69) is 20.6 Å². The second-order valence-corrected chi connectivity index (χ2v) is 9.81. The van der Waals surface area contributed by atoms with Gasteiger partial charge in [0.25, 0.3) is 0 Å². The molecule has 0 saturated heterocycles. The van der Waals surface area contributed by atoms with Crippen molar-refractivity contribution in [3.63, 3.8) is 0 Å². The number of fused-ring (bicyclic) bond motifs is 2. The summed E-state index contributed by atoms with van der Waals surface area (Å²) in [6, 6.07) is 22.7. The maximum Gasteiger partial charge on any atom is 3.00 e. The van der Waals surface area contributed by atoms with Crippen LogP contribution in [0, 0.1) is 10.2 Å². The molecule has 0 heterocycles. The van der Waals surface area contributed by atoms with Crippen molar-refractivity contribution in [2.24, 2.45) is 9.98 Å². The van der Waals surface area contributed by atoms with Gasteiger partial charge in [0.15, 0.2) is 0 Å². The van der Waals surface area contributed by atoms with Gasteiger partial charge in [-0.15, -0.1) is 10.2 Å². The van der Waals surface area contributed by atoms with Gasteiger partial charge in [-0.2, -0.15) is 0 Å². The zero-order valence-corrected chi connectivity index (χ0v) is 24.8. The molecule has 0 amide bonds. The molecule has 4 aromatic carbocycles. The fourth-order valence-electron chi connectivity index (χ4n) is 4.15. The first-order valence-electron chi connectivity index (χ1n) is 13.1. The third-order valence-electron chi connectivity index (χ3n) is 6.06. The first-order chi connectivity index (χ1) is 19.7. The standard InChI is InChI=1S/C30H34N4O2.ClHO4.Mn/c35-29-13-11-23-7-1-3-9-25(23)27(29)21-33-17-5-15-31-19-20-32-16-6-18-34-22-28-26-10-4-2-8-24(26)12-14-30(28)36;2-1(3,4)5;/h1-4,7-14,21-22,31-32,35-36H,5-6,15-20H2;(H,2,3,4,5);/q;;+3/p-3. The molecule has 0 aliphatic heterocycles. The fraction of sp³-hybridized carbons (Fsp3) is 0.267. The van der Waals surface area contributed by atoms with Crippen molar-refractivity contribution in [2.75, 3.05) is 39.3 Å². The van der Waals surface area contributed by atoms with E-state index < -0.39 is 10.2 Å². The molecular weight excluding hydrogens is 603 g/mol. The second kappa shape index (κ2) is 18.4. The Balaban J connectivity index is 0.000000947. The van der Waals surface area contributed by atoms with Gasteiger partial charge in [0.1, 0.15) is 0 Å². The number of hydrogen-bond acceptors (Lipinski definition) is 10. The van der Waals surface area contributed by atoms with E-state index in [1.165, 1.54) is 0 Å². The van der Waals surface area contributed by atoms with E-state index in [4.69, 9.17) is 18.6 Å². The van der Waals surface area contributed by atoms with Crippen LogP contribution in [-0.4, -0.2) is 51.7 Å². The third kappa shape index (κ3) is 12.4. The molecule has 42 heavy (non-hydrogen) atoms. The van der Waals surface area contributed by atoms with Crippen LogP contribution in [0.1, 0.15) is 24.0 Å². The molecule has 0 atom stereocenters. The fourth-order valence-corrected chi connectivity index (χ4v) is 4.15. The molecule has 0 radical (unpaired) electrons. The van der Waals surface area contributed by atoms with Crippen molar-refractivity contribution < 1.29 is 56.2 Å². The van der Waals surface area contributed by atoms with Crippen LogP contribution in [0.3, 0.4) is 0 Å². The van der Waals surface area contributed by atoms with Crippen LogP contribution in [0.2, 0.25) is 0 Å². The van der Waals surface area contributed by atoms with E-state index in [1.807, 2.05) is 60.7 Å². The zero-order chi connectivity index (χ0) is 29.5. The minimum absolute atomic E-state index is 0. The summed E-state index contributed by atoms with van der Waals surface area (Å²) in [4.78, 5) is 8.92. The molecule has 0 unspecified atom stereocenters. The summed E-state index contributed by atoms with van der Waals surface area (Å²) >= 11 is 0. The second-order valence-electron chi connectivity index (χ2n) is 9.05. The molecule has 222 valence electrons. The van der Waals surface area contributed by atoms with Crippen molar-refractivity contribution >= 4 is 34.0 Å². The molecule has 0 bridgehead atoms. The van der Waals surface area contributed by atoms with E-state index in [1.54, 1.807) is 24.6 Å². The maximum atomic E-state index is 12.2. The monoisotopic (exact) mass is 634 g/mol. The predicted octanol–water partition coefficient (Wildman–Crippen LogP) is -1.12. The van der Waals surface area contributed by atoms with Crippen LogP contribution in [0.4, 0.5) is 0 Å². The SMILES string of the molecule is [Mn+3].[O-][Cl+3]([O-])([O-])[O-].[O-]c1ccc2ccccc2c1C=NCCCNCCNCCCN=Cc1c([O-])ccc2ccccc12. The summed E-state index contributed by atoms with van der Waals surface area (Å²) in [5.41, 5.74) is 1.33. The summed E-state index contributed by atoms with van der Waals surface area (Å²) in [7, 11) is -4.94. The van der Waals surface area contributed by atoms with Gasteiger partial charge in [0, 0.05) is 38.6 Å². The van der Waals surface area contributed by atoms with Gasteiger partial charge in [-0.25, -0.2) is 18.6 Å². The van der Waals surface area contributed by atoms with E-state index in [-0.39, 0.29) is 28.6 Å². The van der Waals surface area contributed by atoms with Crippen LogP contribution < -0.4 is 39.5 Å². The quantitative estimate of drug-likeness (QED) is 0.105. The molecule has 0 aliphatic carbocycles. The molecule has 4 rings (SSSR count). The number of aliphatic imine (C=N–C) groups is 2. The average molecular weight is 635 g/mol. The van der Waals surface area contributed by atoms with Gasteiger partial charge in [-0.3, -0.25) is 9.98 Å². The molecule has 0 aromatic heterocycles. The largest absolute Gasteiger partial charge is 3.00 e. The number of hydrogen-bond donors (Lipinski definition) is 2. The smallest absolute Gasteiger partial charge is 0.872 e. The number of nitrogens with zero attached hydrogens (tertiary/aromatic N) is 2. The van der Waals surface area contributed by atoms with Gasteiger partial charge >= 0.3 is 17.1 Å². The summed E-state index contributed by atoms with van der Waals surface area (Å²) < 4.78 is 34.0. The van der Waals surface area contributed by atoms with Crippen LogP contribution in [0.25, 0.3) is 21.5 Å². The zero-order valence-electron chi connectivity index (χ0n) is 22.8. The Morgan fingerprint density at radius 2 is 0.952 bits per heavy atom. The maximum absolute atomic E-state index is 12.2. The van der Waals surface area contributed by atoms with Crippen molar-refractivity contribution in [2.45, 2.75) is 12.8 Å². The van der Waals surface area contributed by atoms with Crippen LogP contribution in [-0.2, 0) is 17.1 Å². The Labute approximate surface area is 257 Å². The Kier molecular flexibility index (Phi) is 15.4. The summed E-state index contributed by atoms with van der Waals surface area (Å²) in [6.07, 6.45) is 5.26. The van der Waals surface area contributed by atoms with Crippen molar-refractivity contribution in [1.82, 2.24) is 10.6 Å². The molecule has 4 aromatic rings. The Morgan fingerprint density at radius 3 is 1.36 bits per heavy atom. The van der Waals surface area contributed by atoms with E-state index in [9.17, 15) is 10.2 Å². The van der Waals surface area contributed by atoms with Crippen LogP contribution in [0.5, 0.6) is 11.5 Å². The van der Waals surface area contributed by atoms with Gasteiger partial charge in [0.05, 0.1) is 0 Å². The van der Waals surface area contributed by atoms with Crippen molar-refractivity contribution in [3.8, 4) is 11.5 Å². The van der Waals surface area contributed by atoms with Gasteiger partial charge in [-0.05, 0) is 58.6 Å². The molecule has 2 N–H and O–H groups in total. The Morgan fingerprint density at radius 1 is 0.571 bits per heavy atom. The van der Waals surface area contributed by atoms with E-state index >= 15 is 0 Å². The molecule has 10 nitrogen and oxygen atoms in total. The molecule has 0 aliphatic rings. The molecular formula is C30H32ClMnN4O6. The van der Waals surface area contributed by atoms with Gasteiger partial charge < -0.3 is 20.8 Å². The van der Waals surface area contributed by atoms with Crippen LogP contribution in [0.15, 0.2) is 82.8 Å². The van der Waals surface area contributed by atoms with E-state index in [0.717, 1.165) is 60.6 Å². The molecule has 12 heteroatoms. The topological polar surface area (TPSA) is 187 Å². The summed E-state index contributed by atoms with van der Waals surface area (Å²) in [5, 5.41) is 35.2. The van der Waals surface area contributed by atoms with Crippen molar-refractivity contribution in [1.29, 1.82) is 0 Å². The number of benzene rings is 4.